The van der Waals surface area contributed by atoms with Crippen LogP contribution in [0.2, 0.25) is 0 Å². The Bertz CT molecular complexity index is 796. The number of anilines is 1. The Balaban J connectivity index is 0.00000210. The number of thiophene rings is 1. The maximum Gasteiger partial charge on any atom is 0.411 e. The molecule has 2 aromatic rings. The summed E-state index contributed by atoms with van der Waals surface area (Å²) in [7, 11) is 4.55. The average Bonchev–Trinajstić information content (AvgIpc) is 3.11. The topological polar surface area (TPSA) is 38.3 Å². The summed E-state index contributed by atoms with van der Waals surface area (Å²) in [4.78, 5) is 12.5. The predicted molar refractivity (Wildman–Crippen MR) is 102 cm³/mol. The Morgan fingerprint density at radius 3 is 2.56 bits per heavy atom. The first-order valence-electron chi connectivity index (χ1n) is 9.07. The van der Waals surface area contributed by atoms with Crippen LogP contribution >= 0.6 is 11.3 Å². The molecule has 2 bridgehead atoms. The Kier molecular flexibility index (Phi) is 5.93. The number of nitrogens with zero attached hydrogens (tertiary/aromatic N) is 1. The number of ether oxygens (including phenoxy) is 1. The minimum Gasteiger partial charge on any atom is -1.00 e. The normalized spacial score (nSPS) is 25.5. The lowest BCUT2D eigenvalue weighted by Crippen LogP contribution is -3.00. The van der Waals surface area contributed by atoms with Crippen molar-refractivity contribution in [3.05, 3.63) is 40.8 Å². The summed E-state index contributed by atoms with van der Waals surface area (Å²) in [5.41, 5.74) is 1.62. The smallest absolute Gasteiger partial charge is 0.411 e. The van der Waals surface area contributed by atoms with Crippen LogP contribution in [0.3, 0.4) is 0 Å². The summed E-state index contributed by atoms with van der Waals surface area (Å²) in [5.74, 6) is -0.351. The van der Waals surface area contributed by atoms with E-state index in [0.29, 0.717) is 23.3 Å². The summed E-state index contributed by atoms with van der Waals surface area (Å²) >= 11 is 1.49. The minimum absolute atomic E-state index is 0. The van der Waals surface area contributed by atoms with Crippen LogP contribution in [-0.2, 0) is 4.74 Å². The lowest BCUT2D eigenvalue weighted by atomic mass is 9.98. The van der Waals surface area contributed by atoms with Gasteiger partial charge in [0.2, 0.25) is 0 Å². The average molecular weight is 455 g/mol. The van der Waals surface area contributed by atoms with Crippen molar-refractivity contribution in [2.75, 3.05) is 19.4 Å². The monoisotopic (exact) mass is 454 g/mol. The molecule has 7 heteroatoms. The number of benzene rings is 1. The third kappa shape index (κ3) is 3.91. The van der Waals surface area contributed by atoms with Crippen molar-refractivity contribution in [1.29, 1.82) is 0 Å². The van der Waals surface area contributed by atoms with E-state index in [1.165, 1.54) is 30.2 Å². The molecular formula is C20H24BrFN2O2S. The molecule has 27 heavy (non-hydrogen) atoms. The molecule has 3 atom stereocenters. The van der Waals surface area contributed by atoms with Gasteiger partial charge in [-0.15, -0.1) is 0 Å². The molecule has 0 aliphatic carbocycles. The molecule has 1 aromatic carbocycles. The van der Waals surface area contributed by atoms with Gasteiger partial charge in [0.15, 0.2) is 0 Å². The number of carbonyl (C=O) groups excluding carboxylic acids is 1. The zero-order valence-corrected chi connectivity index (χ0v) is 17.9. The van der Waals surface area contributed by atoms with E-state index < -0.39 is 6.09 Å². The molecule has 146 valence electrons. The molecule has 2 saturated heterocycles. The number of amides is 1. The van der Waals surface area contributed by atoms with E-state index in [1.54, 1.807) is 12.1 Å². The van der Waals surface area contributed by atoms with Gasteiger partial charge >= 0.3 is 6.09 Å². The molecule has 3 heterocycles. The van der Waals surface area contributed by atoms with Crippen LogP contribution in [-0.4, -0.2) is 42.9 Å². The van der Waals surface area contributed by atoms with Gasteiger partial charge in [-0.1, -0.05) is 6.07 Å². The number of piperidine rings is 1. The second-order valence-corrected chi connectivity index (χ2v) is 8.59. The first kappa shape index (κ1) is 20.3. The van der Waals surface area contributed by atoms with Crippen LogP contribution < -0.4 is 22.3 Å². The standard InChI is InChI=1S/C20H23FN2O2S.BrH/c1-23(2)14-6-7-15(23)11-16(10-14)25-20(24)22-18-5-3-4-17(21)19(18)13-8-9-26-12-13;/h3-5,8-9,12,14-16H,6-7,10-11H2,1-2H3;1H/t14-,15+,16?;. The molecule has 1 unspecified atom stereocenters. The van der Waals surface area contributed by atoms with E-state index >= 15 is 0 Å². The third-order valence-electron chi connectivity index (χ3n) is 6.12. The van der Waals surface area contributed by atoms with Gasteiger partial charge in [0.25, 0.3) is 0 Å². The SMILES string of the molecule is C[N+]1(C)[C@@H]2CC[C@H]1CC(OC(=O)Nc1cccc(F)c1-c1ccsc1)C2.[Br-]. The molecule has 0 spiro atoms. The summed E-state index contributed by atoms with van der Waals surface area (Å²) in [5, 5.41) is 6.52. The van der Waals surface area contributed by atoms with Crippen LogP contribution in [0, 0.1) is 5.82 Å². The van der Waals surface area contributed by atoms with Crippen molar-refractivity contribution < 1.29 is 35.4 Å². The number of nitrogens with one attached hydrogen (secondary N) is 1. The van der Waals surface area contributed by atoms with Crippen molar-refractivity contribution in [3.8, 4) is 11.1 Å². The first-order chi connectivity index (χ1) is 12.4. The maximum absolute atomic E-state index is 14.3. The molecule has 0 saturated carbocycles. The number of hydrogen-bond donors (Lipinski definition) is 1. The predicted octanol–water partition coefficient (Wildman–Crippen LogP) is 1.88. The fourth-order valence-corrected chi connectivity index (χ4v) is 5.19. The lowest BCUT2D eigenvalue weighted by molar-refractivity contribution is -0.931. The Morgan fingerprint density at radius 2 is 1.93 bits per heavy atom. The summed E-state index contributed by atoms with van der Waals surface area (Å²) < 4.78 is 21.1. The fraction of sp³-hybridized carbons (Fsp3) is 0.450. The zero-order valence-electron chi connectivity index (χ0n) is 15.5. The van der Waals surface area contributed by atoms with Crippen LogP contribution in [0.5, 0.6) is 0 Å². The van der Waals surface area contributed by atoms with E-state index in [2.05, 4.69) is 19.4 Å². The Labute approximate surface area is 173 Å². The van der Waals surface area contributed by atoms with Crippen LogP contribution in [0.1, 0.15) is 25.7 Å². The molecule has 2 fully saturated rings. The molecule has 4 rings (SSSR count). The van der Waals surface area contributed by atoms with Crippen molar-refractivity contribution in [2.45, 2.75) is 43.9 Å². The van der Waals surface area contributed by atoms with E-state index in [0.717, 1.165) is 22.9 Å². The fourth-order valence-electron chi connectivity index (χ4n) is 4.55. The molecule has 1 N–H and O–H groups in total. The van der Waals surface area contributed by atoms with Crippen molar-refractivity contribution >= 4 is 23.1 Å². The van der Waals surface area contributed by atoms with Gasteiger partial charge in [-0.25, -0.2) is 9.18 Å². The Morgan fingerprint density at radius 1 is 1.22 bits per heavy atom. The third-order valence-corrected chi connectivity index (χ3v) is 6.80. The Hall–Kier alpha value is -1.44. The molecule has 2 aliphatic heterocycles. The van der Waals surface area contributed by atoms with Gasteiger partial charge in [-0.05, 0) is 34.5 Å². The van der Waals surface area contributed by atoms with Crippen molar-refractivity contribution in [3.63, 3.8) is 0 Å². The van der Waals surface area contributed by atoms with Crippen LogP contribution in [0.15, 0.2) is 35.0 Å². The van der Waals surface area contributed by atoms with Crippen LogP contribution in [0.4, 0.5) is 14.9 Å². The molecular weight excluding hydrogens is 431 g/mol. The van der Waals surface area contributed by atoms with E-state index in [9.17, 15) is 9.18 Å². The highest BCUT2D eigenvalue weighted by Crippen LogP contribution is 2.40. The lowest BCUT2D eigenvalue weighted by Gasteiger charge is -2.43. The molecule has 1 amide bonds. The summed E-state index contributed by atoms with van der Waals surface area (Å²) in [6.45, 7) is 0. The van der Waals surface area contributed by atoms with Crippen LogP contribution in [0.25, 0.3) is 11.1 Å². The number of fused-ring (bicyclic) bond motifs is 2. The molecule has 2 aliphatic rings. The highest BCUT2D eigenvalue weighted by atomic mass is 79.9. The minimum atomic E-state index is -0.497. The highest BCUT2D eigenvalue weighted by molar-refractivity contribution is 7.08. The van der Waals surface area contributed by atoms with E-state index in [-0.39, 0.29) is 28.9 Å². The van der Waals surface area contributed by atoms with Gasteiger partial charge in [0.05, 0.1) is 31.9 Å². The summed E-state index contributed by atoms with van der Waals surface area (Å²) in [6.07, 6.45) is 3.64. The van der Waals surface area contributed by atoms with Gasteiger partial charge in [0.1, 0.15) is 11.9 Å². The van der Waals surface area contributed by atoms with Gasteiger partial charge in [0, 0.05) is 31.2 Å². The van der Waals surface area contributed by atoms with Gasteiger partial charge in [-0.3, -0.25) is 5.32 Å². The number of hydrogen-bond acceptors (Lipinski definition) is 3. The highest BCUT2D eigenvalue weighted by Gasteiger charge is 2.49. The summed E-state index contributed by atoms with van der Waals surface area (Å²) in [6, 6.07) is 7.67. The second kappa shape index (κ2) is 7.89. The van der Waals surface area contributed by atoms with Gasteiger partial charge < -0.3 is 26.2 Å². The first-order valence-corrected chi connectivity index (χ1v) is 10.0. The molecule has 4 nitrogen and oxygen atoms in total. The van der Waals surface area contributed by atoms with Crippen molar-refractivity contribution in [1.82, 2.24) is 0 Å². The number of carbonyl (C=O) groups is 1. The quantitative estimate of drug-likeness (QED) is 0.718. The van der Waals surface area contributed by atoms with Crippen molar-refractivity contribution in [2.24, 2.45) is 0 Å². The number of quaternary nitrogens is 1. The van der Waals surface area contributed by atoms with E-state index in [1.807, 2.05) is 16.8 Å². The molecule has 0 radical (unpaired) electrons. The molecule has 1 aromatic heterocycles. The largest absolute Gasteiger partial charge is 1.00 e. The maximum atomic E-state index is 14.3. The van der Waals surface area contributed by atoms with Gasteiger partial charge in [-0.2, -0.15) is 11.3 Å². The number of rotatable bonds is 3. The van der Waals surface area contributed by atoms with E-state index in [4.69, 9.17) is 4.74 Å². The number of halogens is 2. The zero-order chi connectivity index (χ0) is 18.3. The second-order valence-electron chi connectivity index (χ2n) is 7.81.